The lowest BCUT2D eigenvalue weighted by Crippen LogP contribution is -2.32. The summed E-state index contributed by atoms with van der Waals surface area (Å²) in [5.41, 5.74) is 3.10. The third kappa shape index (κ3) is 4.75. The molecule has 7 heteroatoms. The van der Waals surface area contributed by atoms with Gasteiger partial charge in [-0.3, -0.25) is 4.98 Å². The van der Waals surface area contributed by atoms with Crippen LogP contribution in [0.5, 0.6) is 0 Å². The van der Waals surface area contributed by atoms with E-state index in [1.165, 1.54) is 0 Å². The first-order valence-electron chi connectivity index (χ1n) is 10.3. The molecule has 0 fully saturated rings. The number of aliphatic hydroxyl groups is 1. The number of aromatic nitrogens is 3. The average molecular weight is 422 g/mol. The number of pyridine rings is 1. The molecular weight excluding hydrogens is 394 g/mol. The van der Waals surface area contributed by atoms with E-state index in [0.29, 0.717) is 0 Å². The lowest BCUT2D eigenvalue weighted by Gasteiger charge is -2.25. The second kappa shape index (κ2) is 9.93. The van der Waals surface area contributed by atoms with E-state index in [1.807, 2.05) is 25.4 Å². The normalized spacial score (nSPS) is 16.8. The molecule has 1 aliphatic rings. The zero-order chi connectivity index (χ0) is 20.8. The molecule has 0 saturated heterocycles. The Kier molecular flexibility index (Phi) is 6.84. The number of fused-ring (bicyclic) bond motifs is 1. The monoisotopic (exact) mass is 421 g/mol. The zero-order valence-electron chi connectivity index (χ0n) is 17.1. The number of thiophene rings is 1. The van der Waals surface area contributed by atoms with Crippen molar-refractivity contribution >= 4 is 27.4 Å². The standard InChI is InChI=1S/C23H27N5OS/c1-24-11-5-8-18-10-9-17(13-25-18)21-12-19-22(30-21)23(27-15-26-19)28-20(14-29)16-6-3-2-4-7-16/h2-4,6,9-10,12-13,15-16,20,24,29H,5,7-8,11,14H2,1H3,(H,26,27,28). The first-order valence-corrected chi connectivity index (χ1v) is 11.2. The van der Waals surface area contributed by atoms with Crippen LogP contribution in [0.2, 0.25) is 0 Å². The van der Waals surface area contributed by atoms with Gasteiger partial charge in [0.25, 0.3) is 0 Å². The summed E-state index contributed by atoms with van der Waals surface area (Å²) in [6, 6.07) is 6.23. The van der Waals surface area contributed by atoms with Crippen molar-refractivity contribution in [1.82, 2.24) is 20.3 Å². The molecule has 156 valence electrons. The van der Waals surface area contributed by atoms with E-state index in [0.717, 1.165) is 58.0 Å². The van der Waals surface area contributed by atoms with Gasteiger partial charge in [0.1, 0.15) is 12.1 Å². The molecule has 3 N–H and O–H groups in total. The minimum Gasteiger partial charge on any atom is -0.394 e. The maximum Gasteiger partial charge on any atom is 0.147 e. The Morgan fingerprint density at radius 3 is 2.90 bits per heavy atom. The second-order valence-corrected chi connectivity index (χ2v) is 8.49. The van der Waals surface area contributed by atoms with E-state index in [2.05, 4.69) is 55.9 Å². The van der Waals surface area contributed by atoms with Crippen molar-refractivity contribution in [3.63, 3.8) is 0 Å². The molecule has 6 nitrogen and oxygen atoms in total. The fourth-order valence-corrected chi connectivity index (χ4v) is 4.68. The molecule has 0 saturated carbocycles. The number of anilines is 1. The summed E-state index contributed by atoms with van der Waals surface area (Å²) in [5, 5.41) is 16.5. The maximum absolute atomic E-state index is 9.93. The summed E-state index contributed by atoms with van der Waals surface area (Å²) in [4.78, 5) is 14.6. The van der Waals surface area contributed by atoms with Gasteiger partial charge in [0.15, 0.2) is 0 Å². The molecule has 0 amide bonds. The Bertz CT molecular complexity index is 1030. The molecule has 3 heterocycles. The lowest BCUT2D eigenvalue weighted by molar-refractivity contribution is 0.251. The van der Waals surface area contributed by atoms with Crippen molar-refractivity contribution in [2.24, 2.45) is 5.92 Å². The van der Waals surface area contributed by atoms with Crippen molar-refractivity contribution in [2.75, 3.05) is 25.5 Å². The Labute approximate surface area is 180 Å². The first kappa shape index (κ1) is 20.7. The molecule has 4 rings (SSSR count). The van der Waals surface area contributed by atoms with Crippen LogP contribution in [0.3, 0.4) is 0 Å². The SMILES string of the molecule is CNCCCc1ccc(-c2cc3ncnc(NC(CO)C4C=CC=CC4)c3s2)cn1. The number of aliphatic hydroxyl groups excluding tert-OH is 1. The van der Waals surface area contributed by atoms with Crippen LogP contribution in [0.4, 0.5) is 5.82 Å². The second-order valence-electron chi connectivity index (χ2n) is 7.44. The van der Waals surface area contributed by atoms with Crippen molar-refractivity contribution in [2.45, 2.75) is 25.3 Å². The minimum absolute atomic E-state index is 0.0471. The number of rotatable bonds is 9. The third-order valence-electron chi connectivity index (χ3n) is 5.33. The summed E-state index contributed by atoms with van der Waals surface area (Å²) in [5.74, 6) is 1.01. The van der Waals surface area contributed by atoms with Crippen molar-refractivity contribution in [1.29, 1.82) is 0 Å². The van der Waals surface area contributed by atoms with Gasteiger partial charge in [-0.2, -0.15) is 0 Å². The van der Waals surface area contributed by atoms with Gasteiger partial charge in [-0.25, -0.2) is 9.97 Å². The fraction of sp³-hybridized carbons (Fsp3) is 0.348. The van der Waals surface area contributed by atoms with Crippen LogP contribution in [0.15, 0.2) is 55.0 Å². The summed E-state index contributed by atoms with van der Waals surface area (Å²) < 4.78 is 0.999. The molecule has 1 aliphatic carbocycles. The van der Waals surface area contributed by atoms with Crippen LogP contribution in [0, 0.1) is 5.92 Å². The highest BCUT2D eigenvalue weighted by Crippen LogP contribution is 2.36. The Morgan fingerprint density at radius 1 is 1.23 bits per heavy atom. The maximum atomic E-state index is 9.93. The molecule has 2 atom stereocenters. The van der Waals surface area contributed by atoms with E-state index < -0.39 is 0 Å². The van der Waals surface area contributed by atoms with Crippen LogP contribution in [-0.4, -0.2) is 46.3 Å². The first-order chi connectivity index (χ1) is 14.8. The average Bonchev–Trinajstić information content (AvgIpc) is 3.24. The number of allylic oxidation sites excluding steroid dienone is 3. The van der Waals surface area contributed by atoms with E-state index in [9.17, 15) is 5.11 Å². The Balaban J connectivity index is 1.54. The van der Waals surface area contributed by atoms with Crippen molar-refractivity contribution in [3.05, 3.63) is 60.7 Å². The van der Waals surface area contributed by atoms with E-state index in [4.69, 9.17) is 0 Å². The van der Waals surface area contributed by atoms with Crippen molar-refractivity contribution < 1.29 is 5.11 Å². The van der Waals surface area contributed by atoms with E-state index in [1.54, 1.807) is 17.7 Å². The number of hydrogen-bond donors (Lipinski definition) is 3. The predicted octanol–water partition coefficient (Wildman–Crippen LogP) is 3.81. The molecule has 2 unspecified atom stereocenters. The number of nitrogens with one attached hydrogen (secondary N) is 2. The van der Waals surface area contributed by atoms with Gasteiger partial charge in [-0.15, -0.1) is 11.3 Å². The molecule has 0 aliphatic heterocycles. The van der Waals surface area contributed by atoms with Gasteiger partial charge in [-0.1, -0.05) is 30.4 Å². The van der Waals surface area contributed by atoms with Crippen LogP contribution in [0.25, 0.3) is 20.7 Å². The number of nitrogens with zero attached hydrogens (tertiary/aromatic N) is 3. The largest absolute Gasteiger partial charge is 0.394 e. The van der Waals surface area contributed by atoms with Gasteiger partial charge in [0, 0.05) is 28.2 Å². The summed E-state index contributed by atoms with van der Waals surface area (Å²) >= 11 is 1.65. The van der Waals surface area contributed by atoms with Crippen LogP contribution in [0.1, 0.15) is 18.5 Å². The predicted molar refractivity (Wildman–Crippen MR) is 124 cm³/mol. The quantitative estimate of drug-likeness (QED) is 0.456. The molecule has 0 radical (unpaired) electrons. The van der Waals surface area contributed by atoms with Crippen molar-refractivity contribution in [3.8, 4) is 10.4 Å². The van der Waals surface area contributed by atoms with Gasteiger partial charge in [0.2, 0.25) is 0 Å². The number of aryl methyl sites for hydroxylation is 1. The molecular formula is C23H27N5OS. The van der Waals surface area contributed by atoms with E-state index >= 15 is 0 Å². The van der Waals surface area contributed by atoms with Gasteiger partial charge < -0.3 is 15.7 Å². The zero-order valence-corrected chi connectivity index (χ0v) is 17.9. The highest BCUT2D eigenvalue weighted by Gasteiger charge is 2.21. The molecule has 0 spiro atoms. The topological polar surface area (TPSA) is 83.0 Å². The fourth-order valence-electron chi connectivity index (χ4n) is 3.63. The van der Waals surface area contributed by atoms with Gasteiger partial charge in [0.05, 0.1) is 22.9 Å². The van der Waals surface area contributed by atoms with E-state index in [-0.39, 0.29) is 18.6 Å². The lowest BCUT2D eigenvalue weighted by atomic mass is 9.93. The van der Waals surface area contributed by atoms with Crippen LogP contribution >= 0.6 is 11.3 Å². The molecule has 0 aromatic carbocycles. The summed E-state index contributed by atoms with van der Waals surface area (Å²) in [6.45, 7) is 1.04. The summed E-state index contributed by atoms with van der Waals surface area (Å²) in [6.07, 6.45) is 14.8. The van der Waals surface area contributed by atoms with Crippen LogP contribution in [-0.2, 0) is 6.42 Å². The molecule has 3 aromatic heterocycles. The highest BCUT2D eigenvalue weighted by molar-refractivity contribution is 7.22. The minimum atomic E-state index is -0.0894. The highest BCUT2D eigenvalue weighted by atomic mass is 32.1. The number of hydrogen-bond acceptors (Lipinski definition) is 7. The molecule has 30 heavy (non-hydrogen) atoms. The van der Waals surface area contributed by atoms with Gasteiger partial charge >= 0.3 is 0 Å². The Morgan fingerprint density at radius 2 is 2.17 bits per heavy atom. The van der Waals surface area contributed by atoms with Crippen LogP contribution < -0.4 is 10.6 Å². The molecule has 3 aromatic rings. The van der Waals surface area contributed by atoms with Gasteiger partial charge in [-0.05, 0) is 45.0 Å². The summed E-state index contributed by atoms with van der Waals surface area (Å²) in [7, 11) is 1.97. The Hall–Kier alpha value is -2.61. The third-order valence-corrected chi connectivity index (χ3v) is 6.51. The smallest absolute Gasteiger partial charge is 0.147 e. The molecule has 0 bridgehead atoms.